The van der Waals surface area contributed by atoms with Crippen molar-refractivity contribution < 1.29 is 51.2 Å². The van der Waals surface area contributed by atoms with Gasteiger partial charge in [-0.05, 0) is 128 Å². The first-order valence-corrected chi connectivity index (χ1v) is 31.6. The summed E-state index contributed by atoms with van der Waals surface area (Å²) in [6.45, 7) is 7.16. The van der Waals surface area contributed by atoms with E-state index in [0.717, 1.165) is 80.6 Å². The number of aromatic nitrogens is 4. The number of hydrogen-bond acceptors (Lipinski definition) is 19. The van der Waals surface area contributed by atoms with Gasteiger partial charge in [-0.25, -0.2) is 39.0 Å². The molecule has 22 heteroatoms. The quantitative estimate of drug-likeness (QED) is 0.0204. The normalized spacial score (nSPS) is 13.8. The lowest BCUT2D eigenvalue weighted by atomic mass is 9.93. The number of sulfone groups is 1. The van der Waals surface area contributed by atoms with Gasteiger partial charge in [-0.3, -0.25) is 20.1 Å². The molecule has 2 aliphatic heterocycles. The number of amides is 1. The summed E-state index contributed by atoms with van der Waals surface area (Å²) in [6, 6.07) is 50.2. The van der Waals surface area contributed by atoms with Gasteiger partial charge in [0.05, 0.1) is 57.5 Å². The number of hydrazine groups is 1. The number of amidine groups is 1. The summed E-state index contributed by atoms with van der Waals surface area (Å²) in [5.41, 5.74) is 8.68. The molecule has 2 atom stereocenters. The summed E-state index contributed by atoms with van der Waals surface area (Å²) in [7, 11) is 2.16. The first-order chi connectivity index (χ1) is 45.0. The Morgan fingerprint density at radius 2 is 1.13 bits per heavy atom. The van der Waals surface area contributed by atoms with Crippen molar-refractivity contribution in [2.75, 3.05) is 52.3 Å². The summed E-state index contributed by atoms with van der Waals surface area (Å²) in [5, 5.41) is 12.1. The van der Waals surface area contributed by atoms with Crippen LogP contribution in [-0.4, -0.2) is 104 Å². The number of anilines is 1. The fourth-order valence-electron chi connectivity index (χ4n) is 10.2. The molecule has 0 radical (unpaired) electrons. The number of carbonyl (C=O) groups excluding carboxylic acids is 2. The van der Waals surface area contributed by atoms with Gasteiger partial charge in [0.1, 0.15) is 30.3 Å². The van der Waals surface area contributed by atoms with Crippen LogP contribution >= 0.6 is 0 Å². The zero-order valence-electron chi connectivity index (χ0n) is 53.6. The van der Waals surface area contributed by atoms with E-state index in [-0.39, 0.29) is 26.2 Å². The molecule has 2 unspecified atom stereocenters. The molecule has 11 rings (SSSR count). The third-order valence-electron chi connectivity index (χ3n) is 14.9. The first-order valence-electron chi connectivity index (χ1n) is 29.9. The SMILES string of the molecule is C.COc1cc2c(cc1OCc1ccccc1)CCN(C(=O)OC(C)(C)C)C2CS(=O)(=O)C(=N)N(N)c1ccccc1.COc1cccc(-c2ncc(/C=C/C3NCCc4cc(OCc5ccccc5)c(OC)cc43)cn2)c1.COc1cccc(-c2ncc(C=O)cn2)c1.N. The maximum Gasteiger partial charge on any atom is 0.410 e. The topological polar surface area (TPSA) is 288 Å². The van der Waals surface area contributed by atoms with Gasteiger partial charge >= 0.3 is 6.09 Å². The van der Waals surface area contributed by atoms with E-state index < -0.39 is 38.5 Å². The highest BCUT2D eigenvalue weighted by Gasteiger charge is 2.39. The van der Waals surface area contributed by atoms with E-state index >= 15 is 0 Å². The largest absolute Gasteiger partial charge is 0.497 e. The zero-order valence-corrected chi connectivity index (χ0v) is 54.4. The van der Waals surface area contributed by atoms with Crippen molar-refractivity contribution in [1.82, 2.24) is 36.3 Å². The number of para-hydroxylation sites is 1. The highest BCUT2D eigenvalue weighted by molar-refractivity contribution is 8.06. The molecule has 7 N–H and O–H groups in total. The van der Waals surface area contributed by atoms with Crippen LogP contribution in [0, 0.1) is 5.41 Å². The minimum atomic E-state index is -4.27. The van der Waals surface area contributed by atoms with Gasteiger partial charge in [-0.1, -0.05) is 123 Å². The fourth-order valence-corrected chi connectivity index (χ4v) is 11.5. The van der Waals surface area contributed by atoms with E-state index in [1.165, 1.54) is 35.5 Å². The number of benzene rings is 7. The Morgan fingerprint density at radius 3 is 1.61 bits per heavy atom. The minimum absolute atomic E-state index is 0. The van der Waals surface area contributed by atoms with Gasteiger partial charge in [-0.15, -0.1) is 0 Å². The third-order valence-corrected chi connectivity index (χ3v) is 16.5. The number of fused-ring (bicyclic) bond motifs is 2. The van der Waals surface area contributed by atoms with Crippen LogP contribution < -0.4 is 50.7 Å². The van der Waals surface area contributed by atoms with Crippen molar-refractivity contribution in [3.63, 3.8) is 0 Å². The van der Waals surface area contributed by atoms with Gasteiger partial charge in [0.2, 0.25) is 15.0 Å². The van der Waals surface area contributed by atoms with Crippen molar-refractivity contribution >= 4 is 39.1 Å². The molecule has 95 heavy (non-hydrogen) atoms. The van der Waals surface area contributed by atoms with Crippen LogP contribution in [0.15, 0.2) is 195 Å². The van der Waals surface area contributed by atoms with E-state index in [1.807, 2.05) is 116 Å². The van der Waals surface area contributed by atoms with Crippen LogP contribution in [0.4, 0.5) is 10.5 Å². The van der Waals surface area contributed by atoms with Gasteiger partial charge in [0, 0.05) is 54.6 Å². The average Bonchev–Trinajstić information content (AvgIpc) is 0.774. The smallest absolute Gasteiger partial charge is 0.410 e. The number of nitrogens with zero attached hydrogens (tertiary/aromatic N) is 6. The van der Waals surface area contributed by atoms with E-state index in [9.17, 15) is 18.0 Å². The summed E-state index contributed by atoms with van der Waals surface area (Å²) in [4.78, 5) is 42.4. The number of rotatable bonds is 18. The van der Waals surface area contributed by atoms with Gasteiger partial charge < -0.3 is 44.6 Å². The van der Waals surface area contributed by atoms with Crippen LogP contribution in [0.25, 0.3) is 28.9 Å². The van der Waals surface area contributed by atoms with Crippen LogP contribution in [0.5, 0.6) is 34.5 Å². The maximum atomic E-state index is 13.6. The molecular weight excluding hydrogens is 1220 g/mol. The Morgan fingerprint density at radius 1 is 0.642 bits per heavy atom. The summed E-state index contributed by atoms with van der Waals surface area (Å²) < 4.78 is 66.7. The molecule has 0 bridgehead atoms. The third kappa shape index (κ3) is 19.3. The predicted octanol–water partition coefficient (Wildman–Crippen LogP) is 13.2. The van der Waals surface area contributed by atoms with Crippen molar-refractivity contribution in [3.8, 4) is 57.3 Å². The van der Waals surface area contributed by atoms with Crippen LogP contribution in [0.1, 0.15) is 89.6 Å². The molecule has 7 aromatic carbocycles. The highest BCUT2D eigenvalue weighted by atomic mass is 32.2. The number of methoxy groups -OCH3 is 4. The minimum Gasteiger partial charge on any atom is -0.497 e. The lowest BCUT2D eigenvalue weighted by Crippen LogP contribution is -2.48. The second-order valence-corrected chi connectivity index (χ2v) is 24.4. The lowest BCUT2D eigenvalue weighted by molar-refractivity contribution is 0.0162. The van der Waals surface area contributed by atoms with E-state index in [1.54, 1.807) is 78.5 Å². The molecule has 0 fully saturated rings. The van der Waals surface area contributed by atoms with Crippen molar-refractivity contribution in [2.24, 2.45) is 5.84 Å². The van der Waals surface area contributed by atoms with E-state index in [4.69, 9.17) is 44.4 Å². The standard InChI is InChI=1S/C30H36N4O6S.C30H29N3O3.C12H10N2O2.CH4.H3N/c1-30(2,3)40-29(35)33-16-15-22-17-27(39-19-21-11-7-5-8-12-21)26(38-4)18-24(22)25(33)20-41(36,37)28(31)34(32)23-13-9-6-10-14-23;1-34-25-10-6-9-24(15-25)30-32-18-22(19-33-30)11-12-27-26-17-28(35-2)29(16-23(26)13-14-31-27)36-20-21-7-4-3-5-8-21;1-16-11-4-2-3-10(5-11)12-13-6-9(8-15)7-14-12;;/h5-14,17-18,25,31H,15-16,19-20,32H2,1-4H3;3-12,15-19,27,31H,13-14,20H2,1-2H3;2-8H,1H3;1H4;1H3/b;12-11+;;;. The van der Waals surface area contributed by atoms with E-state index in [2.05, 4.69) is 61.7 Å². The maximum absolute atomic E-state index is 13.6. The lowest BCUT2D eigenvalue weighted by Gasteiger charge is -2.38. The number of carbonyl (C=O) groups is 2. The van der Waals surface area contributed by atoms with E-state index in [0.29, 0.717) is 59.6 Å². The Bertz CT molecular complexity index is 4130. The fraction of sp³-hybridized carbons (Fsp3) is 0.247. The van der Waals surface area contributed by atoms with Gasteiger partial charge in [-0.2, -0.15) is 0 Å². The summed E-state index contributed by atoms with van der Waals surface area (Å²) in [6.07, 6.45) is 12.3. The number of nitrogens with one attached hydrogen (secondary N) is 2. The molecule has 1 amide bonds. The Kier molecular flexibility index (Phi) is 25.6. The van der Waals surface area contributed by atoms with Crippen molar-refractivity contribution in [3.05, 3.63) is 239 Å². The first kappa shape index (κ1) is 71.9. The van der Waals surface area contributed by atoms with Crippen molar-refractivity contribution in [1.29, 1.82) is 5.41 Å². The molecule has 4 heterocycles. The highest BCUT2D eigenvalue weighted by Crippen LogP contribution is 2.41. The van der Waals surface area contributed by atoms with Gasteiger partial charge in [0.15, 0.2) is 40.9 Å². The van der Waals surface area contributed by atoms with Crippen LogP contribution in [0.2, 0.25) is 0 Å². The molecule has 0 saturated carbocycles. The molecular formula is C73H82N10O11S. The monoisotopic (exact) mass is 1310 g/mol. The van der Waals surface area contributed by atoms with Crippen molar-refractivity contribution in [2.45, 2.75) is 71.9 Å². The van der Waals surface area contributed by atoms with Gasteiger partial charge in [0.25, 0.3) is 0 Å². The average molecular weight is 1310 g/mol. The molecule has 9 aromatic rings. The zero-order chi connectivity index (χ0) is 65.9. The molecule has 21 nitrogen and oxygen atoms in total. The Hall–Kier alpha value is -10.5. The predicted molar refractivity (Wildman–Crippen MR) is 370 cm³/mol. The molecule has 0 saturated heterocycles. The second-order valence-electron chi connectivity index (χ2n) is 22.5. The molecule has 496 valence electrons. The number of ether oxygens (including phenoxy) is 7. The Balaban J connectivity index is 0.000000216. The number of aldehydes is 1. The summed E-state index contributed by atoms with van der Waals surface area (Å²) in [5.74, 6) is 10.6. The number of nitrogens with two attached hydrogens (primary N) is 1. The number of hydrogen-bond donors (Lipinski definition) is 4. The van der Waals surface area contributed by atoms with Crippen LogP contribution in [0.3, 0.4) is 0 Å². The molecule has 0 aliphatic carbocycles. The Labute approximate surface area is 555 Å². The summed E-state index contributed by atoms with van der Waals surface area (Å²) >= 11 is 0. The molecule has 2 aliphatic rings. The molecule has 0 spiro atoms. The van der Waals surface area contributed by atoms with Crippen LogP contribution in [-0.2, 0) is 40.6 Å². The molecule has 2 aromatic heterocycles. The second kappa shape index (κ2) is 33.9.